The van der Waals surface area contributed by atoms with E-state index in [1.807, 2.05) is 61.5 Å². The fourth-order valence-corrected chi connectivity index (χ4v) is 9.74. The van der Waals surface area contributed by atoms with Crippen molar-refractivity contribution in [3.8, 4) is 33.6 Å². The highest BCUT2D eigenvalue weighted by molar-refractivity contribution is 5.91. The summed E-state index contributed by atoms with van der Waals surface area (Å²) in [5, 5.41) is 10.9. The minimum atomic E-state index is -0.928. The van der Waals surface area contributed by atoms with Crippen LogP contribution in [-0.2, 0) is 19.1 Å². The van der Waals surface area contributed by atoms with Gasteiger partial charge in [-0.25, -0.2) is 19.6 Å². The van der Waals surface area contributed by atoms with Crippen LogP contribution in [0.5, 0.6) is 0 Å². The van der Waals surface area contributed by atoms with Gasteiger partial charge in [0.15, 0.2) is 0 Å². The van der Waals surface area contributed by atoms with Crippen molar-refractivity contribution in [2.75, 3.05) is 20.8 Å². The summed E-state index contributed by atoms with van der Waals surface area (Å²) >= 11 is 0. The lowest BCUT2D eigenvalue weighted by molar-refractivity contribution is -0.135. The third-order valence-corrected chi connectivity index (χ3v) is 13.6. The average Bonchev–Trinajstić information content (AvgIpc) is 3.91. The van der Waals surface area contributed by atoms with E-state index in [1.54, 1.807) is 0 Å². The van der Waals surface area contributed by atoms with Gasteiger partial charge in [0.1, 0.15) is 23.7 Å². The molecule has 14 heteroatoms. The number of carbonyl (C=O) groups excluding carboxylic acids is 4. The van der Waals surface area contributed by atoms with Crippen LogP contribution in [0.4, 0.5) is 9.59 Å². The number of nitrogens with zero attached hydrogens (tertiary/aromatic N) is 3. The van der Waals surface area contributed by atoms with E-state index in [9.17, 15) is 19.2 Å². The molecule has 1 aliphatic heterocycles. The average molecular weight is 877 g/mol. The summed E-state index contributed by atoms with van der Waals surface area (Å²) in [4.78, 5) is 70.8. The van der Waals surface area contributed by atoms with Gasteiger partial charge < -0.3 is 40.3 Å². The van der Waals surface area contributed by atoms with Gasteiger partial charge in [-0.05, 0) is 94.5 Å². The summed E-state index contributed by atoms with van der Waals surface area (Å²) in [5.41, 5.74) is 6.63. The standard InChI is InChI=1S/C51H56N8O6/c1-30(2)42(57-49(62)64-3)48(61)59-29-51(22-23-51)26-41(59)45-52-28-40(54-45)38-21-20-36-24-35(18-19-37(36)25-38)31-14-16-32(17-15-31)39-27-53-46(55-39)43(33-12-8-9-13-33)56-47(60)44(58-50(63)65-4)34-10-6-5-7-11-34/h5-7,10-11,14-21,24-25,27-28,30,33,41-44H,8-9,12-13,22-23,26,29H2,1-4H3,(H,52,54)(H,53,55)(H,56,60)(H,57,62)(H,58,63)/t41-,42-,43-,44-/m0/s1. The molecule has 2 aliphatic carbocycles. The third-order valence-electron chi connectivity index (χ3n) is 13.6. The first-order chi connectivity index (χ1) is 31.5. The summed E-state index contributed by atoms with van der Waals surface area (Å²) in [7, 11) is 2.59. The van der Waals surface area contributed by atoms with Crippen LogP contribution in [-0.4, -0.2) is 75.6 Å². The van der Waals surface area contributed by atoms with E-state index in [0.717, 1.165) is 95.2 Å². The topological polar surface area (TPSA) is 183 Å². The molecule has 65 heavy (non-hydrogen) atoms. The second-order valence-corrected chi connectivity index (χ2v) is 18.3. The molecule has 1 saturated heterocycles. The van der Waals surface area contributed by atoms with Crippen molar-refractivity contribution in [3.05, 3.63) is 121 Å². The molecule has 4 amide bonds. The van der Waals surface area contributed by atoms with Gasteiger partial charge in [0.2, 0.25) is 11.8 Å². The summed E-state index contributed by atoms with van der Waals surface area (Å²) in [6.07, 6.45) is 9.47. The number of nitrogens with one attached hydrogen (secondary N) is 5. The van der Waals surface area contributed by atoms with E-state index in [0.29, 0.717) is 17.9 Å². The first-order valence-corrected chi connectivity index (χ1v) is 22.6. The van der Waals surface area contributed by atoms with Gasteiger partial charge in [0.05, 0.1) is 50.1 Å². The van der Waals surface area contributed by atoms with E-state index in [2.05, 4.69) is 86.6 Å². The Hall–Kier alpha value is -6.96. The summed E-state index contributed by atoms with van der Waals surface area (Å²) in [6, 6.07) is 28.2. The van der Waals surface area contributed by atoms with Crippen LogP contribution in [0.2, 0.25) is 0 Å². The van der Waals surface area contributed by atoms with Gasteiger partial charge in [-0.3, -0.25) is 9.59 Å². The predicted molar refractivity (Wildman–Crippen MR) is 247 cm³/mol. The van der Waals surface area contributed by atoms with Crippen molar-refractivity contribution in [1.82, 2.24) is 40.8 Å². The van der Waals surface area contributed by atoms with Gasteiger partial charge in [-0.15, -0.1) is 0 Å². The molecule has 336 valence electrons. The lowest BCUT2D eigenvalue weighted by Gasteiger charge is -2.30. The van der Waals surface area contributed by atoms with E-state index >= 15 is 0 Å². The maximum atomic E-state index is 13.9. The number of aromatic nitrogens is 4. The molecule has 1 spiro atoms. The van der Waals surface area contributed by atoms with Crippen LogP contribution >= 0.6 is 0 Å². The fourth-order valence-electron chi connectivity index (χ4n) is 9.74. The van der Waals surface area contributed by atoms with Crippen LogP contribution in [0.3, 0.4) is 0 Å². The monoisotopic (exact) mass is 876 g/mol. The number of rotatable bonds is 13. The van der Waals surface area contributed by atoms with Crippen molar-refractivity contribution < 1.29 is 28.7 Å². The quantitative estimate of drug-likeness (QED) is 0.0761. The number of likely N-dealkylation sites (tertiary alicyclic amines) is 1. The Morgan fingerprint density at radius 3 is 2.02 bits per heavy atom. The number of hydrogen-bond acceptors (Lipinski definition) is 8. The number of aromatic amines is 2. The van der Waals surface area contributed by atoms with E-state index in [1.165, 1.54) is 14.2 Å². The van der Waals surface area contributed by atoms with Crippen molar-refractivity contribution in [2.45, 2.75) is 83.0 Å². The zero-order valence-corrected chi connectivity index (χ0v) is 37.2. The number of fused-ring (bicyclic) bond motifs is 1. The maximum absolute atomic E-state index is 13.9. The van der Waals surface area contributed by atoms with Gasteiger partial charge >= 0.3 is 12.2 Å². The molecule has 9 rings (SSSR count). The zero-order valence-electron chi connectivity index (χ0n) is 37.2. The van der Waals surface area contributed by atoms with Crippen LogP contribution < -0.4 is 16.0 Å². The Bertz CT molecular complexity index is 2680. The molecular weight excluding hydrogens is 821 g/mol. The summed E-state index contributed by atoms with van der Waals surface area (Å²) in [5.74, 6) is 1.09. The van der Waals surface area contributed by atoms with Crippen LogP contribution in [0.25, 0.3) is 44.4 Å². The number of imidazole rings is 2. The predicted octanol–water partition coefficient (Wildman–Crippen LogP) is 9.17. The summed E-state index contributed by atoms with van der Waals surface area (Å²) in [6.45, 7) is 4.50. The van der Waals surface area contributed by atoms with Crippen molar-refractivity contribution in [3.63, 3.8) is 0 Å². The highest BCUT2D eigenvalue weighted by atomic mass is 16.5. The number of alkyl carbamates (subject to hydrolysis) is 2. The van der Waals surface area contributed by atoms with Gasteiger partial charge in [0.25, 0.3) is 0 Å². The number of hydrogen-bond donors (Lipinski definition) is 5. The number of H-pyrrole nitrogens is 2. The maximum Gasteiger partial charge on any atom is 0.407 e. The van der Waals surface area contributed by atoms with Crippen LogP contribution in [0.15, 0.2) is 103 Å². The SMILES string of the molecule is COC(=O)N[C@H](C(=O)N[C@H](c1ncc(-c2ccc(-c3ccc4cc(-c5cnc([C@@H]6CC7(CC7)CN6C(=O)[C@@H](NC(=O)OC)C(C)C)[nH]5)ccc4c3)cc2)[nH]1)C1CCCC1)c1ccccc1. The lowest BCUT2D eigenvalue weighted by atomic mass is 9.96. The van der Waals surface area contributed by atoms with Crippen LogP contribution in [0.1, 0.15) is 94.1 Å². The minimum Gasteiger partial charge on any atom is -0.453 e. The zero-order chi connectivity index (χ0) is 45.2. The molecule has 3 aliphatic rings. The molecule has 0 unspecified atom stereocenters. The molecule has 6 aromatic rings. The van der Waals surface area contributed by atoms with Crippen LogP contribution in [0, 0.1) is 17.3 Å². The van der Waals surface area contributed by atoms with E-state index in [4.69, 9.17) is 19.4 Å². The molecule has 4 aromatic carbocycles. The molecule has 3 heterocycles. The van der Waals surface area contributed by atoms with Crippen molar-refractivity contribution in [2.24, 2.45) is 17.3 Å². The fraction of sp³-hybridized carbons (Fsp3) is 0.373. The first kappa shape index (κ1) is 43.3. The minimum absolute atomic E-state index is 0.109. The number of amides is 4. The molecule has 5 N–H and O–H groups in total. The highest BCUT2D eigenvalue weighted by Gasteiger charge is 2.55. The number of ether oxygens (including phenoxy) is 2. The van der Waals surface area contributed by atoms with E-state index in [-0.39, 0.29) is 41.1 Å². The molecule has 2 saturated carbocycles. The van der Waals surface area contributed by atoms with Crippen molar-refractivity contribution in [1.29, 1.82) is 0 Å². The van der Waals surface area contributed by atoms with Gasteiger partial charge in [-0.1, -0.05) is 106 Å². The second-order valence-electron chi connectivity index (χ2n) is 18.3. The Kier molecular flexibility index (Phi) is 12.2. The first-order valence-electron chi connectivity index (χ1n) is 22.6. The largest absolute Gasteiger partial charge is 0.453 e. The molecule has 4 atom stereocenters. The normalized spacial score (nSPS) is 18.0. The third kappa shape index (κ3) is 9.20. The Morgan fingerprint density at radius 1 is 0.723 bits per heavy atom. The lowest BCUT2D eigenvalue weighted by Crippen LogP contribution is -2.51. The van der Waals surface area contributed by atoms with Gasteiger partial charge in [0, 0.05) is 12.1 Å². The Labute approximate surface area is 378 Å². The Morgan fingerprint density at radius 2 is 1.34 bits per heavy atom. The smallest absolute Gasteiger partial charge is 0.407 e. The highest BCUT2D eigenvalue weighted by Crippen LogP contribution is 2.58. The molecular formula is C51H56N8O6. The molecule has 0 radical (unpaired) electrons. The Balaban J connectivity index is 0.892. The molecule has 14 nitrogen and oxygen atoms in total. The number of benzene rings is 4. The van der Waals surface area contributed by atoms with Gasteiger partial charge in [-0.2, -0.15) is 0 Å². The van der Waals surface area contributed by atoms with E-state index < -0.39 is 24.3 Å². The molecule has 0 bridgehead atoms. The number of carbonyl (C=O) groups is 4. The molecule has 2 aromatic heterocycles. The van der Waals surface area contributed by atoms with Crippen molar-refractivity contribution >= 4 is 34.8 Å². The number of methoxy groups -OCH3 is 2. The molecule has 3 fully saturated rings. The second kappa shape index (κ2) is 18.3. The summed E-state index contributed by atoms with van der Waals surface area (Å²) < 4.78 is 9.67.